The third-order valence-electron chi connectivity index (χ3n) is 3.07. The highest BCUT2D eigenvalue weighted by Gasteiger charge is 2.37. The van der Waals surface area contributed by atoms with Gasteiger partial charge in [0, 0.05) is 16.6 Å². The minimum absolute atomic E-state index is 0.0102. The van der Waals surface area contributed by atoms with Gasteiger partial charge in [-0.25, -0.2) is 9.18 Å². The Kier molecular flexibility index (Phi) is 4.22. The maximum atomic E-state index is 13.3. The predicted octanol–water partition coefficient (Wildman–Crippen LogP) is 2.24. The molecule has 0 saturated heterocycles. The van der Waals surface area contributed by atoms with Crippen molar-refractivity contribution in [1.29, 1.82) is 0 Å². The first kappa shape index (κ1) is 15.4. The van der Waals surface area contributed by atoms with Crippen molar-refractivity contribution in [3.05, 3.63) is 39.6 Å². The highest BCUT2D eigenvalue weighted by molar-refractivity contribution is 9.10. The van der Waals surface area contributed by atoms with Crippen LogP contribution in [0.4, 0.5) is 10.1 Å². The maximum absolute atomic E-state index is 13.3. The lowest BCUT2D eigenvalue weighted by Crippen LogP contribution is -2.30. The van der Waals surface area contributed by atoms with Gasteiger partial charge in [0.1, 0.15) is 5.82 Å². The van der Waals surface area contributed by atoms with Crippen molar-refractivity contribution in [3.8, 4) is 0 Å². The SMILES string of the molecule is COC(=O)C(C)=CCN1C(=O)C(=O)c2cc(F)cc(Br)c21. The lowest BCUT2D eigenvalue weighted by molar-refractivity contribution is -0.136. The molecule has 0 saturated carbocycles. The van der Waals surface area contributed by atoms with Crippen LogP contribution in [0.25, 0.3) is 0 Å². The molecular formula is C14H11BrFNO4. The largest absolute Gasteiger partial charge is 0.466 e. The Morgan fingerprint density at radius 3 is 2.71 bits per heavy atom. The second-order valence-electron chi connectivity index (χ2n) is 4.41. The molecule has 0 unspecified atom stereocenters. The topological polar surface area (TPSA) is 63.7 Å². The molecule has 1 aromatic rings. The zero-order chi connectivity index (χ0) is 15.7. The molecule has 0 aliphatic carbocycles. The second kappa shape index (κ2) is 5.77. The minimum atomic E-state index is -0.769. The average molecular weight is 356 g/mol. The lowest BCUT2D eigenvalue weighted by atomic mass is 10.1. The number of ether oxygens (including phenoxy) is 1. The van der Waals surface area contributed by atoms with Crippen molar-refractivity contribution in [2.45, 2.75) is 6.92 Å². The summed E-state index contributed by atoms with van der Waals surface area (Å²) in [5.41, 5.74) is 0.626. The van der Waals surface area contributed by atoms with Gasteiger partial charge in [-0.05, 0) is 35.0 Å². The molecule has 0 spiro atoms. The fraction of sp³-hybridized carbons (Fsp3) is 0.214. The molecule has 1 aliphatic rings. The molecule has 0 fully saturated rings. The molecular weight excluding hydrogens is 345 g/mol. The van der Waals surface area contributed by atoms with Crippen LogP contribution >= 0.6 is 15.9 Å². The summed E-state index contributed by atoms with van der Waals surface area (Å²) in [7, 11) is 1.25. The van der Waals surface area contributed by atoms with Gasteiger partial charge in [0.2, 0.25) is 0 Å². The summed E-state index contributed by atoms with van der Waals surface area (Å²) in [5, 5.41) is 0. The number of amides is 1. The molecule has 110 valence electrons. The molecule has 2 rings (SSSR count). The number of anilines is 1. The zero-order valence-electron chi connectivity index (χ0n) is 11.3. The van der Waals surface area contributed by atoms with Crippen LogP contribution in [0.2, 0.25) is 0 Å². The van der Waals surface area contributed by atoms with Crippen molar-refractivity contribution < 1.29 is 23.5 Å². The van der Waals surface area contributed by atoms with E-state index in [-0.39, 0.29) is 12.1 Å². The van der Waals surface area contributed by atoms with E-state index in [1.54, 1.807) is 0 Å². The fourth-order valence-corrected chi connectivity index (χ4v) is 2.65. The van der Waals surface area contributed by atoms with Crippen molar-refractivity contribution in [3.63, 3.8) is 0 Å². The van der Waals surface area contributed by atoms with Crippen LogP contribution in [-0.2, 0) is 14.3 Å². The summed E-state index contributed by atoms with van der Waals surface area (Å²) < 4.78 is 18.2. The number of halogens is 2. The molecule has 5 nitrogen and oxygen atoms in total. The van der Waals surface area contributed by atoms with E-state index in [2.05, 4.69) is 20.7 Å². The number of rotatable bonds is 3. The number of hydrogen-bond acceptors (Lipinski definition) is 4. The number of benzene rings is 1. The van der Waals surface area contributed by atoms with Gasteiger partial charge in [0.25, 0.3) is 11.7 Å². The Morgan fingerprint density at radius 1 is 1.43 bits per heavy atom. The summed E-state index contributed by atoms with van der Waals surface area (Å²) in [4.78, 5) is 36.3. The molecule has 0 aromatic heterocycles. The summed E-state index contributed by atoms with van der Waals surface area (Å²) in [6.07, 6.45) is 1.47. The van der Waals surface area contributed by atoms with E-state index in [1.165, 1.54) is 31.1 Å². The van der Waals surface area contributed by atoms with Crippen LogP contribution in [0.1, 0.15) is 17.3 Å². The molecule has 0 atom stereocenters. The summed E-state index contributed by atoms with van der Waals surface area (Å²) in [6.45, 7) is 1.55. The first-order chi connectivity index (χ1) is 9.86. The first-order valence-electron chi connectivity index (χ1n) is 5.97. The average Bonchev–Trinajstić information content (AvgIpc) is 2.68. The standard InChI is InChI=1S/C14H11BrFNO4/c1-7(14(20)21-2)3-4-17-11-9(12(18)13(17)19)5-8(16)6-10(11)15/h3,5-6H,4H2,1-2H3. The Balaban J connectivity index is 2.38. The van der Waals surface area contributed by atoms with Gasteiger partial charge in [-0.3, -0.25) is 14.5 Å². The molecule has 0 radical (unpaired) electrons. The number of methoxy groups -OCH3 is 1. The Bertz CT molecular complexity index is 684. The van der Waals surface area contributed by atoms with E-state index >= 15 is 0 Å². The van der Waals surface area contributed by atoms with Crippen LogP contribution in [0, 0.1) is 5.82 Å². The molecule has 7 heteroatoms. The second-order valence-corrected chi connectivity index (χ2v) is 5.26. The van der Waals surface area contributed by atoms with Crippen molar-refractivity contribution in [2.24, 2.45) is 0 Å². The number of esters is 1. The highest BCUT2D eigenvalue weighted by atomic mass is 79.9. The van der Waals surface area contributed by atoms with Crippen molar-refractivity contribution in [2.75, 3.05) is 18.6 Å². The van der Waals surface area contributed by atoms with Gasteiger partial charge < -0.3 is 4.74 Å². The quantitative estimate of drug-likeness (QED) is 0.473. The van der Waals surface area contributed by atoms with E-state index in [9.17, 15) is 18.8 Å². The van der Waals surface area contributed by atoms with Gasteiger partial charge in [-0.15, -0.1) is 0 Å². The third-order valence-corrected chi connectivity index (χ3v) is 3.67. The number of nitrogens with zero attached hydrogens (tertiary/aromatic N) is 1. The van der Waals surface area contributed by atoms with Crippen LogP contribution in [0.5, 0.6) is 0 Å². The first-order valence-corrected chi connectivity index (χ1v) is 6.76. The van der Waals surface area contributed by atoms with E-state index in [0.29, 0.717) is 15.7 Å². The van der Waals surface area contributed by atoms with Gasteiger partial charge in [-0.2, -0.15) is 0 Å². The monoisotopic (exact) mass is 355 g/mol. The normalized spacial score (nSPS) is 14.5. The number of Topliss-reactive ketones (excluding diaryl/α,β-unsaturated/α-hetero) is 1. The number of ketones is 1. The summed E-state index contributed by atoms with van der Waals surface area (Å²) >= 11 is 3.14. The predicted molar refractivity (Wildman–Crippen MR) is 76.6 cm³/mol. The van der Waals surface area contributed by atoms with Gasteiger partial charge in [-0.1, -0.05) is 6.08 Å². The molecule has 1 amide bonds. The van der Waals surface area contributed by atoms with Gasteiger partial charge in [0.15, 0.2) is 0 Å². The molecule has 1 aliphatic heterocycles. The molecule has 0 bridgehead atoms. The van der Waals surface area contributed by atoms with Crippen molar-refractivity contribution >= 4 is 39.3 Å². The summed E-state index contributed by atoms with van der Waals surface area (Å²) in [5.74, 6) is -2.66. The number of carbonyl (C=O) groups excluding carboxylic acids is 3. The number of hydrogen-bond donors (Lipinski definition) is 0. The van der Waals surface area contributed by atoms with Gasteiger partial charge >= 0.3 is 5.97 Å². The van der Waals surface area contributed by atoms with E-state index in [0.717, 1.165) is 6.07 Å². The van der Waals surface area contributed by atoms with E-state index in [1.807, 2.05) is 0 Å². The fourth-order valence-electron chi connectivity index (χ4n) is 2.00. The van der Waals surface area contributed by atoms with Crippen LogP contribution in [-0.4, -0.2) is 31.3 Å². The molecule has 1 aromatic carbocycles. The maximum Gasteiger partial charge on any atom is 0.333 e. The van der Waals surface area contributed by atoms with Crippen LogP contribution in [0.3, 0.4) is 0 Å². The van der Waals surface area contributed by atoms with Crippen LogP contribution in [0.15, 0.2) is 28.3 Å². The Hall–Kier alpha value is -2.02. The number of fused-ring (bicyclic) bond motifs is 1. The summed E-state index contributed by atoms with van der Waals surface area (Å²) in [6, 6.07) is 2.20. The van der Waals surface area contributed by atoms with E-state index < -0.39 is 23.5 Å². The minimum Gasteiger partial charge on any atom is -0.466 e. The van der Waals surface area contributed by atoms with E-state index in [4.69, 9.17) is 0 Å². The smallest absolute Gasteiger partial charge is 0.333 e. The highest BCUT2D eigenvalue weighted by Crippen LogP contribution is 2.36. The Morgan fingerprint density at radius 2 is 2.10 bits per heavy atom. The van der Waals surface area contributed by atoms with Gasteiger partial charge in [0.05, 0.1) is 18.4 Å². The number of carbonyl (C=O) groups is 3. The van der Waals surface area contributed by atoms with Crippen molar-refractivity contribution in [1.82, 2.24) is 0 Å². The third kappa shape index (κ3) is 2.73. The zero-order valence-corrected chi connectivity index (χ0v) is 12.9. The molecule has 0 N–H and O–H groups in total. The lowest BCUT2D eigenvalue weighted by Gasteiger charge is -2.16. The Labute approximate surface area is 128 Å². The van der Waals surface area contributed by atoms with Crippen LogP contribution < -0.4 is 4.90 Å². The molecule has 1 heterocycles. The molecule has 21 heavy (non-hydrogen) atoms.